The summed E-state index contributed by atoms with van der Waals surface area (Å²) in [5, 5.41) is 3.22. The highest BCUT2D eigenvalue weighted by Gasteiger charge is 2.31. The number of hydrogen-bond acceptors (Lipinski definition) is 9. The zero-order valence-corrected chi connectivity index (χ0v) is 28.7. The van der Waals surface area contributed by atoms with Gasteiger partial charge in [-0.1, -0.05) is 23.9 Å². The molecule has 1 amide bonds. The third-order valence-corrected chi connectivity index (χ3v) is 8.43. The Balaban J connectivity index is 1.16. The summed E-state index contributed by atoms with van der Waals surface area (Å²) in [6.45, 7) is 2.25. The lowest BCUT2D eigenvalue weighted by molar-refractivity contribution is -0.274. The summed E-state index contributed by atoms with van der Waals surface area (Å²) < 4.78 is 67.3. The van der Waals surface area contributed by atoms with Crippen molar-refractivity contribution in [2.24, 2.45) is 0 Å². The number of alkyl halides is 3. The van der Waals surface area contributed by atoms with E-state index < -0.39 is 11.9 Å². The fourth-order valence-electron chi connectivity index (χ4n) is 4.90. The number of hydrogen-bond donors (Lipinski definition) is 1. The number of nitrogens with zero attached hydrogens (tertiary/aromatic N) is 4. The van der Waals surface area contributed by atoms with Crippen LogP contribution in [0.25, 0.3) is 5.69 Å². The van der Waals surface area contributed by atoms with Crippen molar-refractivity contribution in [3.63, 3.8) is 0 Å². The molecule has 6 rings (SSSR count). The summed E-state index contributed by atoms with van der Waals surface area (Å²) in [6.07, 6.45) is 0.301. The van der Waals surface area contributed by atoms with E-state index in [1.165, 1.54) is 36.0 Å². The van der Waals surface area contributed by atoms with E-state index in [4.69, 9.17) is 9.47 Å². The van der Waals surface area contributed by atoms with E-state index in [0.717, 1.165) is 17.7 Å². The van der Waals surface area contributed by atoms with E-state index in [1.807, 2.05) is 6.92 Å². The second-order valence-electron chi connectivity index (χ2n) is 11.3. The minimum absolute atomic E-state index is 0.217. The van der Waals surface area contributed by atoms with E-state index in [0.29, 0.717) is 57.1 Å². The van der Waals surface area contributed by atoms with Crippen LogP contribution in [-0.2, 0) is 12.2 Å². The molecule has 0 aliphatic carbocycles. The lowest BCUT2D eigenvalue weighted by Crippen LogP contribution is -2.19. The fraction of sp³-hybridized carbons (Fsp3) is 0.132. The zero-order valence-electron chi connectivity index (χ0n) is 27.8. The molecule has 0 unspecified atom stereocenters. The monoisotopic (exact) mass is 743 g/mol. The highest BCUT2D eigenvalue weighted by atomic mass is 32.2. The van der Waals surface area contributed by atoms with Crippen LogP contribution in [0.5, 0.6) is 23.3 Å². The van der Waals surface area contributed by atoms with E-state index >= 15 is 0 Å². The number of halogens is 4. The largest absolute Gasteiger partial charge is 0.573 e. The number of aromatic nitrogens is 4. The quantitative estimate of drug-likeness (QED) is 0.0707. The van der Waals surface area contributed by atoms with Crippen molar-refractivity contribution in [3.8, 4) is 28.9 Å². The standard InChI is InChI=1S/C38H29F4N5O5S/c1-2-50-36-43-20-25(21-44-36)19-27-22-47(37(46-35(27)49)53-23-24-3-7-28(39)8-4-24)30-11-5-26(6-12-30)34(48)45-29-9-13-31(14-10-29)51-32-15-17-33(18-16-32)52-38(40,41)42/h3-18,20-22H,2,19,23H2,1H3,(H,45,48). The first kappa shape index (κ1) is 36.6. The topological polar surface area (TPSA) is 117 Å². The van der Waals surface area contributed by atoms with Crippen molar-refractivity contribution in [2.45, 2.75) is 30.6 Å². The van der Waals surface area contributed by atoms with Gasteiger partial charge in [-0.3, -0.25) is 14.2 Å². The van der Waals surface area contributed by atoms with Gasteiger partial charge in [-0.25, -0.2) is 14.4 Å². The van der Waals surface area contributed by atoms with Crippen LogP contribution in [0.15, 0.2) is 126 Å². The molecular weight excluding hydrogens is 715 g/mol. The van der Waals surface area contributed by atoms with Gasteiger partial charge in [-0.2, -0.15) is 4.98 Å². The first-order valence-electron chi connectivity index (χ1n) is 16.0. The first-order chi connectivity index (χ1) is 25.5. The van der Waals surface area contributed by atoms with Crippen molar-refractivity contribution in [3.05, 3.63) is 154 Å². The Hall–Kier alpha value is -6.22. The molecule has 0 saturated heterocycles. The Morgan fingerprint density at radius 1 is 0.830 bits per heavy atom. The van der Waals surface area contributed by atoms with Gasteiger partial charge in [0.05, 0.1) is 6.61 Å². The summed E-state index contributed by atoms with van der Waals surface area (Å²) in [5.41, 5.74) is 2.98. The Morgan fingerprint density at radius 3 is 2.08 bits per heavy atom. The van der Waals surface area contributed by atoms with Crippen LogP contribution in [0.4, 0.5) is 23.2 Å². The summed E-state index contributed by atoms with van der Waals surface area (Å²) >= 11 is 1.31. The van der Waals surface area contributed by atoms with Crippen molar-refractivity contribution in [1.29, 1.82) is 0 Å². The van der Waals surface area contributed by atoms with E-state index in [9.17, 15) is 27.2 Å². The number of thioether (sulfide) groups is 1. The lowest BCUT2D eigenvalue weighted by atomic mass is 10.1. The maximum absolute atomic E-state index is 13.5. The number of ether oxygens (including phenoxy) is 3. The molecule has 0 saturated carbocycles. The number of nitrogens with one attached hydrogen (secondary N) is 1. The molecule has 6 aromatic rings. The Kier molecular flexibility index (Phi) is 11.3. The highest BCUT2D eigenvalue weighted by molar-refractivity contribution is 7.98. The average Bonchev–Trinajstić information content (AvgIpc) is 3.14. The molecule has 270 valence electrons. The van der Waals surface area contributed by atoms with Crippen LogP contribution in [0.1, 0.15) is 34.0 Å². The van der Waals surface area contributed by atoms with Crippen LogP contribution in [0, 0.1) is 5.82 Å². The number of carbonyl (C=O) groups is 1. The average molecular weight is 744 g/mol. The molecule has 2 aromatic heterocycles. The maximum atomic E-state index is 13.5. The molecule has 0 aliphatic heterocycles. The van der Waals surface area contributed by atoms with Crippen molar-refractivity contribution < 1.29 is 36.6 Å². The van der Waals surface area contributed by atoms with Crippen LogP contribution < -0.4 is 25.1 Å². The SMILES string of the molecule is CCOc1ncc(Cc2cn(-c3ccc(C(=O)Nc4ccc(Oc5ccc(OC(F)(F)F)cc5)cc4)cc3)c(SCc3ccc(F)cc3)nc2=O)cn1. The normalized spacial score (nSPS) is 11.2. The third kappa shape index (κ3) is 10.2. The van der Waals surface area contributed by atoms with E-state index in [-0.39, 0.29) is 29.9 Å². The number of amides is 1. The van der Waals surface area contributed by atoms with Gasteiger partial charge in [-0.15, -0.1) is 13.2 Å². The zero-order chi connectivity index (χ0) is 37.4. The van der Waals surface area contributed by atoms with Crippen LogP contribution in [-0.4, -0.2) is 38.4 Å². The highest BCUT2D eigenvalue weighted by Crippen LogP contribution is 2.29. The van der Waals surface area contributed by atoms with Crippen LogP contribution in [0.2, 0.25) is 0 Å². The number of benzene rings is 4. The summed E-state index contributed by atoms with van der Waals surface area (Å²) in [6, 6.07) is 24.5. The van der Waals surface area contributed by atoms with Crippen molar-refractivity contribution in [1.82, 2.24) is 19.5 Å². The van der Waals surface area contributed by atoms with Gasteiger partial charge < -0.3 is 19.5 Å². The van der Waals surface area contributed by atoms with Crippen molar-refractivity contribution >= 4 is 23.4 Å². The molecule has 2 heterocycles. The van der Waals surface area contributed by atoms with Gasteiger partial charge >= 0.3 is 12.4 Å². The smallest absolute Gasteiger partial charge is 0.464 e. The van der Waals surface area contributed by atoms with Gasteiger partial charge in [0.15, 0.2) is 5.16 Å². The molecule has 0 radical (unpaired) electrons. The van der Waals surface area contributed by atoms with E-state index in [1.54, 1.807) is 83.8 Å². The number of carbonyl (C=O) groups excluding carboxylic acids is 1. The Bertz CT molecular complexity index is 2220. The minimum Gasteiger partial charge on any atom is -0.464 e. The molecule has 10 nitrogen and oxygen atoms in total. The maximum Gasteiger partial charge on any atom is 0.573 e. The molecule has 0 aliphatic rings. The number of anilines is 1. The van der Waals surface area contributed by atoms with Crippen LogP contribution in [0.3, 0.4) is 0 Å². The van der Waals surface area contributed by atoms with Gasteiger partial charge in [0.25, 0.3) is 11.5 Å². The lowest BCUT2D eigenvalue weighted by Gasteiger charge is -2.15. The second kappa shape index (κ2) is 16.4. The molecule has 4 aromatic carbocycles. The van der Waals surface area contributed by atoms with Gasteiger partial charge in [-0.05, 0) is 103 Å². The molecule has 15 heteroatoms. The molecule has 0 spiro atoms. The van der Waals surface area contributed by atoms with Crippen molar-refractivity contribution in [2.75, 3.05) is 11.9 Å². The first-order valence-corrected chi connectivity index (χ1v) is 17.0. The predicted octanol–water partition coefficient (Wildman–Crippen LogP) is 8.39. The molecule has 1 N–H and O–H groups in total. The third-order valence-electron chi connectivity index (χ3n) is 7.41. The molecule has 0 atom stereocenters. The van der Waals surface area contributed by atoms with Gasteiger partial charge in [0.1, 0.15) is 23.1 Å². The molecule has 53 heavy (non-hydrogen) atoms. The molecular formula is C38H29F4N5O5S. The summed E-state index contributed by atoms with van der Waals surface area (Å²) in [5.74, 6) is 0.0143. The minimum atomic E-state index is -4.79. The van der Waals surface area contributed by atoms with Gasteiger partial charge in [0, 0.05) is 53.3 Å². The van der Waals surface area contributed by atoms with Gasteiger partial charge in [0.2, 0.25) is 0 Å². The molecule has 0 bridgehead atoms. The summed E-state index contributed by atoms with van der Waals surface area (Å²) in [4.78, 5) is 39.1. The second-order valence-corrected chi connectivity index (χ2v) is 12.2. The Morgan fingerprint density at radius 2 is 1.45 bits per heavy atom. The van der Waals surface area contributed by atoms with Crippen LogP contribution >= 0.6 is 11.8 Å². The summed E-state index contributed by atoms with van der Waals surface area (Å²) in [7, 11) is 0. The molecule has 0 fully saturated rings. The van der Waals surface area contributed by atoms with E-state index in [2.05, 4.69) is 25.0 Å². The fourth-order valence-corrected chi connectivity index (χ4v) is 5.83. The number of rotatable bonds is 13. The predicted molar refractivity (Wildman–Crippen MR) is 189 cm³/mol. The Labute approximate surface area is 304 Å².